The maximum absolute atomic E-state index is 11.7. The van der Waals surface area contributed by atoms with E-state index in [0.29, 0.717) is 6.42 Å². The summed E-state index contributed by atoms with van der Waals surface area (Å²) in [6.45, 7) is 8.02. The maximum Gasteiger partial charge on any atom is 0.237 e. The summed E-state index contributed by atoms with van der Waals surface area (Å²) in [4.78, 5) is 11.7. The Hall–Kier alpha value is -1.35. The minimum atomic E-state index is -0.414. The van der Waals surface area contributed by atoms with E-state index < -0.39 is 6.04 Å². The van der Waals surface area contributed by atoms with Crippen LogP contribution in [0.1, 0.15) is 43.0 Å². The summed E-state index contributed by atoms with van der Waals surface area (Å²) in [5.41, 5.74) is 9.27. The largest absolute Gasteiger partial charge is 0.348 e. The highest BCUT2D eigenvalue weighted by Gasteiger charge is 2.15. The molecule has 1 aromatic carbocycles. The van der Waals surface area contributed by atoms with Crippen molar-refractivity contribution in [2.45, 2.75) is 46.2 Å². The second kappa shape index (κ2) is 5.82. The number of benzene rings is 1. The van der Waals surface area contributed by atoms with E-state index in [0.717, 1.165) is 5.56 Å². The van der Waals surface area contributed by atoms with Crippen LogP contribution in [0.2, 0.25) is 0 Å². The van der Waals surface area contributed by atoms with Crippen LogP contribution in [0.15, 0.2) is 18.2 Å². The van der Waals surface area contributed by atoms with Gasteiger partial charge in [0.2, 0.25) is 5.91 Å². The first-order valence-corrected chi connectivity index (χ1v) is 6.08. The third kappa shape index (κ3) is 3.56. The van der Waals surface area contributed by atoms with Crippen molar-refractivity contribution in [1.29, 1.82) is 0 Å². The van der Waals surface area contributed by atoms with Gasteiger partial charge in [0.25, 0.3) is 0 Å². The minimum absolute atomic E-state index is 0.000648. The van der Waals surface area contributed by atoms with E-state index in [2.05, 4.69) is 37.4 Å². The van der Waals surface area contributed by atoms with Crippen LogP contribution >= 0.6 is 0 Å². The van der Waals surface area contributed by atoms with Crippen molar-refractivity contribution in [1.82, 2.24) is 5.32 Å². The molecule has 0 bridgehead atoms. The van der Waals surface area contributed by atoms with Crippen molar-refractivity contribution in [2.24, 2.45) is 5.73 Å². The monoisotopic (exact) mass is 234 g/mol. The molecule has 1 unspecified atom stereocenters. The standard InChI is InChI=1S/C14H22N2O/c1-5-13(15)14(17)16-11(4)12-7-6-9(2)8-10(12)3/h6-8,11,13H,5,15H2,1-4H3,(H,16,17)/t11?,13-/m1/s1. The molecule has 1 rings (SSSR count). The lowest BCUT2D eigenvalue weighted by Gasteiger charge is -2.19. The van der Waals surface area contributed by atoms with Gasteiger partial charge in [0.1, 0.15) is 0 Å². The molecule has 0 aliphatic carbocycles. The highest BCUT2D eigenvalue weighted by atomic mass is 16.2. The quantitative estimate of drug-likeness (QED) is 0.839. The van der Waals surface area contributed by atoms with Crippen molar-refractivity contribution in [2.75, 3.05) is 0 Å². The fraction of sp³-hybridized carbons (Fsp3) is 0.500. The first kappa shape index (κ1) is 13.7. The highest BCUT2D eigenvalue weighted by molar-refractivity contribution is 5.81. The van der Waals surface area contributed by atoms with Crippen molar-refractivity contribution in [3.63, 3.8) is 0 Å². The normalized spacial score (nSPS) is 14.2. The fourth-order valence-electron chi connectivity index (χ4n) is 1.90. The van der Waals surface area contributed by atoms with E-state index in [4.69, 9.17) is 5.73 Å². The molecule has 0 heterocycles. The Morgan fingerprint density at radius 3 is 2.59 bits per heavy atom. The smallest absolute Gasteiger partial charge is 0.237 e. The predicted molar refractivity (Wildman–Crippen MR) is 70.7 cm³/mol. The Balaban J connectivity index is 2.76. The Kier molecular flexibility index (Phi) is 4.70. The topological polar surface area (TPSA) is 55.1 Å². The van der Waals surface area contributed by atoms with E-state index >= 15 is 0 Å². The van der Waals surface area contributed by atoms with Gasteiger partial charge in [-0.05, 0) is 38.3 Å². The summed E-state index contributed by atoms with van der Waals surface area (Å²) < 4.78 is 0. The van der Waals surface area contributed by atoms with Crippen molar-refractivity contribution in [3.8, 4) is 0 Å². The van der Waals surface area contributed by atoms with Crippen molar-refractivity contribution >= 4 is 5.91 Å². The van der Waals surface area contributed by atoms with Crippen LogP contribution in [0, 0.1) is 13.8 Å². The lowest BCUT2D eigenvalue weighted by atomic mass is 10.00. The molecule has 3 heteroatoms. The number of carbonyl (C=O) groups excluding carboxylic acids is 1. The number of hydrogen-bond donors (Lipinski definition) is 2. The molecular weight excluding hydrogens is 212 g/mol. The summed E-state index contributed by atoms with van der Waals surface area (Å²) >= 11 is 0. The summed E-state index contributed by atoms with van der Waals surface area (Å²) in [6, 6.07) is 5.83. The van der Waals surface area contributed by atoms with Gasteiger partial charge in [0.15, 0.2) is 0 Å². The average Bonchev–Trinajstić information content (AvgIpc) is 2.27. The van der Waals surface area contributed by atoms with Gasteiger partial charge in [0, 0.05) is 0 Å². The average molecular weight is 234 g/mol. The number of carbonyl (C=O) groups is 1. The van der Waals surface area contributed by atoms with E-state index in [1.165, 1.54) is 11.1 Å². The Morgan fingerprint density at radius 2 is 2.06 bits per heavy atom. The molecule has 1 amide bonds. The maximum atomic E-state index is 11.7. The first-order valence-electron chi connectivity index (χ1n) is 6.08. The number of aryl methyl sites for hydroxylation is 2. The Bertz CT molecular complexity index is 401. The second-order valence-corrected chi connectivity index (χ2v) is 4.61. The minimum Gasteiger partial charge on any atom is -0.348 e. The second-order valence-electron chi connectivity index (χ2n) is 4.61. The van der Waals surface area contributed by atoms with Gasteiger partial charge >= 0.3 is 0 Å². The number of nitrogens with two attached hydrogens (primary N) is 1. The van der Waals surface area contributed by atoms with E-state index in [1.54, 1.807) is 0 Å². The van der Waals surface area contributed by atoms with Gasteiger partial charge < -0.3 is 11.1 Å². The molecule has 0 aromatic heterocycles. The molecule has 0 aliphatic rings. The number of amides is 1. The molecule has 0 radical (unpaired) electrons. The van der Waals surface area contributed by atoms with Gasteiger partial charge in [-0.1, -0.05) is 30.7 Å². The summed E-state index contributed by atoms with van der Waals surface area (Å²) in [5.74, 6) is -0.0834. The zero-order valence-corrected chi connectivity index (χ0v) is 11.1. The van der Waals surface area contributed by atoms with Crippen LogP contribution in [0.5, 0.6) is 0 Å². The number of nitrogens with one attached hydrogen (secondary N) is 1. The predicted octanol–water partition coefficient (Wildman–Crippen LogP) is 2.22. The lowest BCUT2D eigenvalue weighted by Crippen LogP contribution is -2.41. The molecular formula is C14H22N2O. The van der Waals surface area contributed by atoms with Crippen LogP contribution in [0.4, 0.5) is 0 Å². The third-order valence-electron chi connectivity index (χ3n) is 3.03. The third-order valence-corrected chi connectivity index (χ3v) is 3.03. The van der Waals surface area contributed by atoms with Gasteiger partial charge in [-0.2, -0.15) is 0 Å². The Morgan fingerprint density at radius 1 is 1.41 bits per heavy atom. The van der Waals surface area contributed by atoms with Crippen molar-refractivity contribution in [3.05, 3.63) is 34.9 Å². The molecule has 3 N–H and O–H groups in total. The molecule has 1 aromatic rings. The van der Waals surface area contributed by atoms with Crippen LogP contribution in [0.25, 0.3) is 0 Å². The number of hydrogen-bond acceptors (Lipinski definition) is 2. The fourth-order valence-corrected chi connectivity index (χ4v) is 1.90. The van der Waals surface area contributed by atoms with Gasteiger partial charge in [-0.25, -0.2) is 0 Å². The summed E-state index contributed by atoms with van der Waals surface area (Å²) in [6.07, 6.45) is 0.658. The van der Waals surface area contributed by atoms with Crippen LogP contribution in [-0.2, 0) is 4.79 Å². The van der Waals surface area contributed by atoms with E-state index in [1.807, 2.05) is 13.8 Å². The molecule has 94 valence electrons. The van der Waals surface area contributed by atoms with Crippen molar-refractivity contribution < 1.29 is 4.79 Å². The zero-order chi connectivity index (χ0) is 13.0. The molecule has 0 saturated heterocycles. The summed E-state index contributed by atoms with van der Waals surface area (Å²) in [5, 5.41) is 2.94. The lowest BCUT2D eigenvalue weighted by molar-refractivity contribution is -0.123. The highest BCUT2D eigenvalue weighted by Crippen LogP contribution is 2.18. The summed E-state index contributed by atoms with van der Waals surface area (Å²) in [7, 11) is 0. The van der Waals surface area contributed by atoms with Crippen LogP contribution in [0.3, 0.4) is 0 Å². The molecule has 0 fully saturated rings. The number of rotatable bonds is 4. The molecule has 0 spiro atoms. The van der Waals surface area contributed by atoms with Gasteiger partial charge in [0.05, 0.1) is 12.1 Å². The zero-order valence-electron chi connectivity index (χ0n) is 11.1. The molecule has 3 nitrogen and oxygen atoms in total. The SMILES string of the molecule is CC[C@@H](N)C(=O)NC(C)c1ccc(C)cc1C. The Labute approximate surface area is 103 Å². The van der Waals surface area contributed by atoms with E-state index in [-0.39, 0.29) is 11.9 Å². The molecule has 0 saturated carbocycles. The first-order chi connectivity index (χ1) is 7.95. The van der Waals surface area contributed by atoms with Crippen LogP contribution in [-0.4, -0.2) is 11.9 Å². The molecule has 2 atom stereocenters. The van der Waals surface area contributed by atoms with Gasteiger partial charge in [-0.15, -0.1) is 0 Å². The molecule has 0 aliphatic heterocycles. The van der Waals surface area contributed by atoms with Crippen LogP contribution < -0.4 is 11.1 Å². The van der Waals surface area contributed by atoms with Gasteiger partial charge in [-0.3, -0.25) is 4.79 Å². The molecule has 17 heavy (non-hydrogen) atoms. The van der Waals surface area contributed by atoms with E-state index in [9.17, 15) is 4.79 Å².